The lowest BCUT2D eigenvalue weighted by Gasteiger charge is -2.27. The maximum Gasteiger partial charge on any atom is 0.326 e. The summed E-state index contributed by atoms with van der Waals surface area (Å²) in [6.07, 6.45) is -1.27. The normalized spacial score (nSPS) is 14.1. The molecule has 16 heteroatoms. The van der Waals surface area contributed by atoms with E-state index in [4.69, 9.17) is 0 Å². The molecule has 47 heavy (non-hydrogen) atoms. The lowest BCUT2D eigenvalue weighted by atomic mass is 10.0. The van der Waals surface area contributed by atoms with Crippen molar-refractivity contribution in [3.05, 3.63) is 29.8 Å². The van der Waals surface area contributed by atoms with E-state index in [9.17, 15) is 53.7 Å². The first kappa shape index (κ1) is 40.0. The molecule has 0 aliphatic rings. The first-order chi connectivity index (χ1) is 21.8. The molecule has 0 aliphatic heterocycles. The number of hydrogen-bond donors (Lipinski definition) is 8. The second kappa shape index (κ2) is 18.8. The molecule has 5 unspecified atom stereocenters. The first-order valence-corrected chi connectivity index (χ1v) is 15.1. The van der Waals surface area contributed by atoms with Crippen molar-refractivity contribution in [2.45, 2.75) is 97.4 Å². The Kier molecular flexibility index (Phi) is 16.0. The monoisotopic (exact) mass is 663 g/mol. The van der Waals surface area contributed by atoms with E-state index >= 15 is 0 Å². The highest BCUT2D eigenvalue weighted by molar-refractivity contribution is 5.97. The molecule has 0 spiro atoms. The number of phenolic OH excluding ortho intramolecular Hbond substituents is 1. The summed E-state index contributed by atoms with van der Waals surface area (Å²) in [5.74, 6) is -8.09. The van der Waals surface area contributed by atoms with Gasteiger partial charge in [0.15, 0.2) is 0 Å². The maximum absolute atomic E-state index is 13.2. The Hall–Kier alpha value is -5.02. The van der Waals surface area contributed by atoms with Crippen molar-refractivity contribution in [2.75, 3.05) is 0 Å². The Morgan fingerprint density at radius 2 is 1.23 bits per heavy atom. The van der Waals surface area contributed by atoms with Crippen LogP contribution >= 0.6 is 0 Å². The lowest BCUT2D eigenvalue weighted by Crippen LogP contribution is -2.59. The van der Waals surface area contributed by atoms with Crippen LogP contribution in [0.3, 0.4) is 0 Å². The second-order valence-corrected chi connectivity index (χ2v) is 11.8. The number of benzene rings is 1. The van der Waals surface area contributed by atoms with Crippen LogP contribution in [0.5, 0.6) is 5.75 Å². The standard InChI is InChI=1S/C31H45N5O11/c1-15(2)24(39)12-11-21(31(46)47)34-28(43)23(14-25(40)41)35-27(42)17(5)32-30(45)26(16(3)4)36-29(44)22(33-18(6)37)13-19-7-9-20(38)10-8-19/h7-10,15-17,21-23,26,38H,11-14H2,1-6H3,(H,32,45)(H,33,37)(H,34,43)(H,35,42)(H,36,44)(H,40,41)(H,46,47). The highest BCUT2D eigenvalue weighted by Crippen LogP contribution is 2.12. The highest BCUT2D eigenvalue weighted by atomic mass is 16.4. The molecular weight excluding hydrogens is 618 g/mol. The number of carbonyl (C=O) groups excluding carboxylic acids is 6. The molecule has 8 N–H and O–H groups in total. The molecule has 0 saturated carbocycles. The predicted octanol–water partition coefficient (Wildman–Crippen LogP) is -0.381. The van der Waals surface area contributed by atoms with Gasteiger partial charge in [-0.3, -0.25) is 33.6 Å². The first-order valence-electron chi connectivity index (χ1n) is 15.1. The summed E-state index contributed by atoms with van der Waals surface area (Å²) in [5, 5.41) is 40.2. The Morgan fingerprint density at radius 1 is 0.681 bits per heavy atom. The third-order valence-electron chi connectivity index (χ3n) is 7.02. The van der Waals surface area contributed by atoms with Gasteiger partial charge in [0.1, 0.15) is 41.7 Å². The Morgan fingerprint density at radius 3 is 1.72 bits per heavy atom. The summed E-state index contributed by atoms with van der Waals surface area (Å²) in [5.41, 5.74) is 0.617. The molecule has 0 bridgehead atoms. The minimum Gasteiger partial charge on any atom is -0.508 e. The number of phenols is 1. The molecule has 5 atom stereocenters. The predicted molar refractivity (Wildman–Crippen MR) is 167 cm³/mol. The van der Waals surface area contributed by atoms with Gasteiger partial charge in [-0.25, -0.2) is 4.79 Å². The zero-order valence-electron chi connectivity index (χ0n) is 27.3. The van der Waals surface area contributed by atoms with E-state index in [1.165, 1.54) is 26.0 Å². The summed E-state index contributed by atoms with van der Waals surface area (Å²) >= 11 is 0. The molecule has 0 aromatic heterocycles. The summed E-state index contributed by atoms with van der Waals surface area (Å²) in [6, 6.07) is -0.887. The quantitative estimate of drug-likeness (QED) is 0.0946. The van der Waals surface area contributed by atoms with Gasteiger partial charge in [0.2, 0.25) is 29.5 Å². The number of hydrogen-bond acceptors (Lipinski definition) is 9. The Labute approximate surface area is 272 Å². The van der Waals surface area contributed by atoms with Crippen molar-refractivity contribution >= 4 is 47.3 Å². The van der Waals surface area contributed by atoms with Gasteiger partial charge in [-0.05, 0) is 37.0 Å². The Balaban J connectivity index is 2.99. The van der Waals surface area contributed by atoms with E-state index in [2.05, 4.69) is 26.6 Å². The molecule has 0 heterocycles. The second-order valence-electron chi connectivity index (χ2n) is 11.8. The number of aliphatic carboxylic acids is 2. The molecule has 0 fully saturated rings. The number of aromatic hydroxyl groups is 1. The molecule has 260 valence electrons. The number of amides is 5. The van der Waals surface area contributed by atoms with Gasteiger partial charge >= 0.3 is 11.9 Å². The number of carbonyl (C=O) groups is 8. The van der Waals surface area contributed by atoms with Crippen LogP contribution in [0, 0.1) is 11.8 Å². The zero-order chi connectivity index (χ0) is 36.0. The number of ketones is 1. The van der Waals surface area contributed by atoms with Crippen molar-refractivity contribution in [3.63, 3.8) is 0 Å². The van der Waals surface area contributed by atoms with Crippen molar-refractivity contribution in [1.82, 2.24) is 26.6 Å². The summed E-state index contributed by atoms with van der Waals surface area (Å²) in [4.78, 5) is 99.0. The maximum atomic E-state index is 13.2. The van der Waals surface area contributed by atoms with E-state index in [1.807, 2.05) is 0 Å². The fourth-order valence-electron chi connectivity index (χ4n) is 4.27. The number of carboxylic acid groups (broad SMARTS) is 2. The third kappa shape index (κ3) is 14.3. The summed E-state index contributed by atoms with van der Waals surface area (Å²) < 4.78 is 0. The zero-order valence-corrected chi connectivity index (χ0v) is 27.3. The van der Waals surface area contributed by atoms with Crippen LogP contribution < -0.4 is 26.6 Å². The lowest BCUT2D eigenvalue weighted by molar-refractivity contribution is -0.144. The van der Waals surface area contributed by atoms with E-state index in [1.54, 1.807) is 39.8 Å². The number of rotatable bonds is 19. The van der Waals surface area contributed by atoms with E-state index in [0.717, 1.165) is 0 Å². The van der Waals surface area contributed by atoms with Crippen molar-refractivity contribution in [1.29, 1.82) is 0 Å². The van der Waals surface area contributed by atoms with Gasteiger partial charge in [0.25, 0.3) is 0 Å². The number of carboxylic acids is 2. The minimum atomic E-state index is -1.72. The third-order valence-corrected chi connectivity index (χ3v) is 7.02. The Bertz CT molecular complexity index is 1310. The molecule has 0 saturated heterocycles. The number of Topliss-reactive ketones (excluding diaryl/α,β-unsaturated/α-hetero) is 1. The average Bonchev–Trinajstić information content (AvgIpc) is 2.96. The van der Waals surface area contributed by atoms with Crippen LogP contribution in [-0.2, 0) is 44.8 Å². The van der Waals surface area contributed by atoms with E-state index < -0.39 is 84.0 Å². The molecular formula is C31H45N5O11. The van der Waals surface area contributed by atoms with Gasteiger partial charge in [0, 0.05) is 25.7 Å². The molecule has 1 aromatic rings. The smallest absolute Gasteiger partial charge is 0.326 e. The summed E-state index contributed by atoms with van der Waals surface area (Å²) in [6.45, 7) is 9.00. The van der Waals surface area contributed by atoms with Crippen LogP contribution in [0.4, 0.5) is 0 Å². The SMILES string of the molecule is CC(=O)NC(Cc1ccc(O)cc1)C(=O)NC(C(=O)NC(C)C(=O)NC(CC(=O)O)C(=O)NC(CCC(=O)C(C)C)C(=O)O)C(C)C. The van der Waals surface area contributed by atoms with Crippen molar-refractivity contribution < 1.29 is 53.7 Å². The summed E-state index contributed by atoms with van der Waals surface area (Å²) in [7, 11) is 0. The molecule has 0 aliphatic carbocycles. The van der Waals surface area contributed by atoms with E-state index in [0.29, 0.717) is 5.56 Å². The van der Waals surface area contributed by atoms with Crippen LogP contribution in [0.1, 0.15) is 66.4 Å². The average molecular weight is 664 g/mol. The fourth-order valence-corrected chi connectivity index (χ4v) is 4.27. The molecule has 1 aromatic carbocycles. The van der Waals surface area contributed by atoms with Gasteiger partial charge in [-0.2, -0.15) is 0 Å². The van der Waals surface area contributed by atoms with Crippen molar-refractivity contribution in [2.24, 2.45) is 11.8 Å². The largest absolute Gasteiger partial charge is 0.508 e. The molecule has 5 amide bonds. The van der Waals surface area contributed by atoms with Crippen LogP contribution in [-0.4, -0.2) is 92.8 Å². The highest BCUT2D eigenvalue weighted by Gasteiger charge is 2.33. The van der Waals surface area contributed by atoms with Crippen LogP contribution in [0.15, 0.2) is 24.3 Å². The topological polar surface area (TPSA) is 257 Å². The van der Waals surface area contributed by atoms with Crippen molar-refractivity contribution in [3.8, 4) is 5.75 Å². The van der Waals surface area contributed by atoms with Gasteiger partial charge in [-0.1, -0.05) is 39.8 Å². The minimum absolute atomic E-state index is 0.0122. The van der Waals surface area contributed by atoms with Crippen LogP contribution in [0.25, 0.3) is 0 Å². The van der Waals surface area contributed by atoms with Gasteiger partial charge in [0.05, 0.1) is 6.42 Å². The molecule has 1 rings (SSSR count). The number of nitrogens with one attached hydrogen (secondary N) is 5. The van der Waals surface area contributed by atoms with Crippen LogP contribution in [0.2, 0.25) is 0 Å². The molecule has 16 nitrogen and oxygen atoms in total. The van der Waals surface area contributed by atoms with Gasteiger partial charge < -0.3 is 41.9 Å². The van der Waals surface area contributed by atoms with Gasteiger partial charge in [-0.15, -0.1) is 0 Å². The molecule has 0 radical (unpaired) electrons. The van der Waals surface area contributed by atoms with E-state index in [-0.39, 0.29) is 36.7 Å². The fraction of sp³-hybridized carbons (Fsp3) is 0.548.